The van der Waals surface area contributed by atoms with Crippen LogP contribution in [0.3, 0.4) is 0 Å². The number of hydrogen-bond acceptors (Lipinski definition) is 5. The van der Waals surface area contributed by atoms with E-state index in [4.69, 9.17) is 4.42 Å². The highest BCUT2D eigenvalue weighted by Crippen LogP contribution is 2.33. The van der Waals surface area contributed by atoms with Gasteiger partial charge in [0.2, 0.25) is 0 Å². The normalized spacial score (nSPS) is 15.4. The molecule has 148 valence electrons. The smallest absolute Gasteiger partial charge is 0.339 e. The Morgan fingerprint density at radius 3 is 2.43 bits per heavy atom. The van der Waals surface area contributed by atoms with Crippen LogP contribution in [0.5, 0.6) is 0 Å². The van der Waals surface area contributed by atoms with Crippen molar-refractivity contribution >= 4 is 29.1 Å². The molecule has 28 heavy (non-hydrogen) atoms. The number of fused-ring (bicyclic) bond motifs is 3. The lowest BCUT2D eigenvalue weighted by atomic mass is 9.87. The molecule has 1 aromatic heterocycles. The number of anilines is 1. The first-order valence-corrected chi connectivity index (χ1v) is 9.37. The van der Waals surface area contributed by atoms with Crippen LogP contribution in [-0.4, -0.2) is 22.9 Å². The number of benzene rings is 2. The molecule has 3 N–H and O–H groups in total. The van der Waals surface area contributed by atoms with Gasteiger partial charge in [-0.25, -0.2) is 4.79 Å². The number of aliphatic hydroxyl groups excluding tert-OH is 2. The Morgan fingerprint density at radius 2 is 1.68 bits per heavy atom. The lowest BCUT2D eigenvalue weighted by molar-refractivity contribution is 0.0277. The molecule has 0 saturated heterocycles. The number of halogens is 1. The number of rotatable bonds is 5. The fourth-order valence-corrected chi connectivity index (χ4v) is 3.87. The van der Waals surface area contributed by atoms with Gasteiger partial charge in [-0.2, -0.15) is 0 Å². The molecule has 0 radical (unpaired) electrons. The molecular weight excluding hydrogens is 378 g/mol. The maximum atomic E-state index is 12.3. The minimum atomic E-state index is -1.08. The molecule has 0 aliphatic heterocycles. The summed E-state index contributed by atoms with van der Waals surface area (Å²) in [5.74, 6) is 0. The van der Waals surface area contributed by atoms with Gasteiger partial charge >= 0.3 is 5.63 Å². The molecule has 1 aliphatic rings. The molecule has 5 nitrogen and oxygen atoms in total. The quantitative estimate of drug-likeness (QED) is 0.569. The van der Waals surface area contributed by atoms with Gasteiger partial charge in [0.25, 0.3) is 0 Å². The highest BCUT2D eigenvalue weighted by molar-refractivity contribution is 5.86. The third-order valence-electron chi connectivity index (χ3n) is 5.25. The predicted octanol–water partition coefficient (Wildman–Crippen LogP) is 3.60. The van der Waals surface area contributed by atoms with Crippen LogP contribution in [0.2, 0.25) is 0 Å². The van der Waals surface area contributed by atoms with Gasteiger partial charge in [-0.1, -0.05) is 30.3 Å². The summed E-state index contributed by atoms with van der Waals surface area (Å²) in [5.41, 5.74) is 3.35. The van der Waals surface area contributed by atoms with Crippen molar-refractivity contribution in [3.05, 3.63) is 75.6 Å². The van der Waals surface area contributed by atoms with Crippen LogP contribution in [0, 0.1) is 0 Å². The highest BCUT2D eigenvalue weighted by Gasteiger charge is 2.25. The van der Waals surface area contributed by atoms with Crippen molar-refractivity contribution in [2.75, 3.05) is 11.9 Å². The van der Waals surface area contributed by atoms with Gasteiger partial charge in [0.1, 0.15) is 17.8 Å². The number of para-hydroxylation sites is 1. The molecule has 0 spiro atoms. The van der Waals surface area contributed by atoms with E-state index < -0.39 is 12.2 Å². The van der Waals surface area contributed by atoms with Crippen molar-refractivity contribution in [2.45, 2.75) is 37.9 Å². The van der Waals surface area contributed by atoms with Gasteiger partial charge in [0, 0.05) is 23.2 Å². The number of aliphatic hydroxyl groups is 2. The van der Waals surface area contributed by atoms with Gasteiger partial charge in [-0.15, -0.1) is 12.4 Å². The monoisotopic (exact) mass is 401 g/mol. The van der Waals surface area contributed by atoms with Gasteiger partial charge in [-0.05, 0) is 55.0 Å². The number of nitrogens with one attached hydrogen (secondary N) is 1. The van der Waals surface area contributed by atoms with Crippen LogP contribution in [0.4, 0.5) is 5.69 Å². The van der Waals surface area contributed by atoms with Crippen molar-refractivity contribution in [2.24, 2.45) is 0 Å². The minimum absolute atomic E-state index is 0. The Labute approximate surface area is 169 Å². The maximum Gasteiger partial charge on any atom is 0.339 e. The summed E-state index contributed by atoms with van der Waals surface area (Å²) in [4.78, 5) is 12.3. The van der Waals surface area contributed by atoms with Crippen molar-refractivity contribution in [1.29, 1.82) is 0 Å². The number of aryl methyl sites for hydroxylation is 1. The van der Waals surface area contributed by atoms with Crippen molar-refractivity contribution < 1.29 is 14.6 Å². The molecule has 1 heterocycles. The summed E-state index contributed by atoms with van der Waals surface area (Å²) in [6.07, 6.45) is 1.40. The van der Waals surface area contributed by atoms with Crippen molar-refractivity contribution in [1.82, 2.24) is 0 Å². The first-order valence-electron chi connectivity index (χ1n) is 9.37. The van der Waals surface area contributed by atoms with Crippen LogP contribution < -0.4 is 10.9 Å². The molecule has 0 saturated carbocycles. The summed E-state index contributed by atoms with van der Waals surface area (Å²) in [6, 6.07) is 14.8. The van der Waals surface area contributed by atoms with Crippen LogP contribution in [0.25, 0.3) is 11.0 Å². The zero-order chi connectivity index (χ0) is 18.8. The fourth-order valence-electron chi connectivity index (χ4n) is 3.87. The Hall–Kier alpha value is -2.34. The summed E-state index contributed by atoms with van der Waals surface area (Å²) < 4.78 is 5.50. The molecule has 2 unspecified atom stereocenters. The third kappa shape index (κ3) is 3.92. The minimum Gasteiger partial charge on any atom is -0.422 e. The summed E-state index contributed by atoms with van der Waals surface area (Å²) in [7, 11) is 0. The largest absolute Gasteiger partial charge is 0.422 e. The standard InChI is InChI=1S/C22H23NO4.ClH/c24-18(13-23-14-7-2-1-3-8-14)21(25)17-11-6-12-19-20(17)15-9-4-5-10-16(15)22(26)27-19;/h1-3,6-8,11-12,18,21,23-25H,4-5,9-10,13H2;1H. The third-order valence-corrected chi connectivity index (χ3v) is 5.25. The van der Waals surface area contributed by atoms with E-state index in [0.29, 0.717) is 23.1 Å². The van der Waals surface area contributed by atoms with Crippen LogP contribution >= 0.6 is 12.4 Å². The van der Waals surface area contributed by atoms with Gasteiger partial charge in [0.05, 0.1) is 0 Å². The Balaban J connectivity index is 0.00000225. The first kappa shape index (κ1) is 20.4. The molecule has 3 aromatic rings. The molecule has 1 aliphatic carbocycles. The molecule has 0 bridgehead atoms. The second-order valence-corrected chi connectivity index (χ2v) is 7.03. The van der Waals surface area contributed by atoms with Gasteiger partial charge < -0.3 is 19.9 Å². The van der Waals surface area contributed by atoms with E-state index in [1.165, 1.54) is 0 Å². The van der Waals surface area contributed by atoms with E-state index in [1.54, 1.807) is 18.2 Å². The topological polar surface area (TPSA) is 82.7 Å². The summed E-state index contributed by atoms with van der Waals surface area (Å²) >= 11 is 0. The lowest BCUT2D eigenvalue weighted by Gasteiger charge is -2.23. The molecule has 0 fully saturated rings. The Bertz CT molecular complexity index is 1000. The van der Waals surface area contributed by atoms with Gasteiger partial charge in [-0.3, -0.25) is 0 Å². The number of hydrogen-bond donors (Lipinski definition) is 3. The van der Waals surface area contributed by atoms with E-state index in [0.717, 1.165) is 35.9 Å². The molecule has 2 aromatic carbocycles. The van der Waals surface area contributed by atoms with E-state index >= 15 is 0 Å². The average molecular weight is 402 g/mol. The fraction of sp³-hybridized carbons (Fsp3) is 0.318. The van der Waals surface area contributed by atoms with E-state index in [2.05, 4.69) is 5.32 Å². The molecule has 4 rings (SSSR count). The van der Waals surface area contributed by atoms with Crippen molar-refractivity contribution in [3.8, 4) is 0 Å². The van der Waals surface area contributed by atoms with E-state index in [-0.39, 0.29) is 24.6 Å². The van der Waals surface area contributed by atoms with E-state index in [9.17, 15) is 15.0 Å². The van der Waals surface area contributed by atoms with Gasteiger partial charge in [0.15, 0.2) is 0 Å². The first-order chi connectivity index (χ1) is 13.1. The predicted molar refractivity (Wildman–Crippen MR) is 112 cm³/mol. The lowest BCUT2D eigenvalue weighted by Crippen LogP contribution is -2.27. The summed E-state index contributed by atoms with van der Waals surface area (Å²) in [5, 5.41) is 25.3. The zero-order valence-electron chi connectivity index (χ0n) is 15.4. The van der Waals surface area contributed by atoms with Crippen molar-refractivity contribution in [3.63, 3.8) is 0 Å². The zero-order valence-corrected chi connectivity index (χ0v) is 16.2. The molecule has 2 atom stereocenters. The SMILES string of the molecule is Cl.O=c1oc2cccc(C(O)C(O)CNc3ccccc3)c2c2c1CCCC2. The molecular formula is C22H24ClNO4. The van der Waals surface area contributed by atoms with E-state index in [1.807, 2.05) is 30.3 Å². The second-order valence-electron chi connectivity index (χ2n) is 7.03. The highest BCUT2D eigenvalue weighted by atomic mass is 35.5. The summed E-state index contributed by atoms with van der Waals surface area (Å²) in [6.45, 7) is 0.209. The Morgan fingerprint density at radius 1 is 0.964 bits per heavy atom. The maximum absolute atomic E-state index is 12.3. The Kier molecular flexibility index (Phi) is 6.39. The molecule has 6 heteroatoms. The van der Waals surface area contributed by atoms with Crippen LogP contribution in [-0.2, 0) is 12.8 Å². The second kappa shape index (κ2) is 8.78. The van der Waals surface area contributed by atoms with Crippen LogP contribution in [0.1, 0.15) is 35.6 Å². The van der Waals surface area contributed by atoms with Crippen LogP contribution in [0.15, 0.2) is 57.7 Å². The average Bonchev–Trinajstić information content (AvgIpc) is 2.72. The molecule has 0 amide bonds.